The third-order valence-corrected chi connectivity index (χ3v) is 4.24. The summed E-state index contributed by atoms with van der Waals surface area (Å²) < 4.78 is 13.0. The van der Waals surface area contributed by atoms with Crippen molar-refractivity contribution in [3.63, 3.8) is 0 Å². The molecule has 2 rings (SSSR count). The van der Waals surface area contributed by atoms with Gasteiger partial charge in [-0.15, -0.1) is 0 Å². The van der Waals surface area contributed by atoms with E-state index in [1.165, 1.54) is 25.3 Å². The number of hydrogen-bond acceptors (Lipinski definition) is 1. The highest BCUT2D eigenvalue weighted by Crippen LogP contribution is 2.23. The molecule has 0 spiro atoms. The minimum Gasteiger partial charge on any atom is -0.314 e. The second-order valence-corrected chi connectivity index (χ2v) is 5.64. The third-order valence-electron chi connectivity index (χ3n) is 3.95. The van der Waals surface area contributed by atoms with Crippen molar-refractivity contribution < 1.29 is 4.39 Å². The van der Waals surface area contributed by atoms with Gasteiger partial charge in [-0.3, -0.25) is 0 Å². The molecule has 0 aromatic heterocycles. The molecule has 1 aliphatic heterocycles. The van der Waals surface area contributed by atoms with Crippen LogP contribution in [-0.2, 0) is 6.42 Å². The lowest BCUT2D eigenvalue weighted by molar-refractivity contribution is 0.285. The molecule has 1 heterocycles. The Kier molecular flexibility index (Phi) is 5.02. The van der Waals surface area contributed by atoms with E-state index in [9.17, 15) is 4.39 Å². The normalized spacial score (nSPS) is 24.2. The largest absolute Gasteiger partial charge is 0.314 e. The van der Waals surface area contributed by atoms with Gasteiger partial charge in [0.2, 0.25) is 0 Å². The van der Waals surface area contributed by atoms with Crippen LogP contribution in [0.3, 0.4) is 0 Å². The van der Waals surface area contributed by atoms with Crippen LogP contribution in [0.2, 0.25) is 5.02 Å². The van der Waals surface area contributed by atoms with Crippen LogP contribution in [0.15, 0.2) is 18.2 Å². The van der Waals surface area contributed by atoms with Crippen LogP contribution in [0.4, 0.5) is 4.39 Å². The summed E-state index contributed by atoms with van der Waals surface area (Å²) in [6.45, 7) is 3.40. The van der Waals surface area contributed by atoms with Gasteiger partial charge < -0.3 is 5.32 Å². The molecule has 2 unspecified atom stereocenters. The minimum atomic E-state index is -0.331. The maximum absolute atomic E-state index is 13.0. The SMILES string of the molecule is CCC1CCNC(CCc2ccc(F)c(Cl)c2)C1. The first-order valence-corrected chi connectivity index (χ1v) is 7.24. The number of nitrogens with one attached hydrogen (secondary N) is 1. The maximum Gasteiger partial charge on any atom is 0.141 e. The fourth-order valence-corrected chi connectivity index (χ4v) is 2.93. The van der Waals surface area contributed by atoms with Crippen molar-refractivity contribution in [2.75, 3.05) is 6.54 Å². The predicted octanol–water partition coefficient (Wildman–Crippen LogP) is 4.19. The van der Waals surface area contributed by atoms with Crippen LogP contribution in [0, 0.1) is 11.7 Å². The molecule has 1 aromatic rings. The van der Waals surface area contributed by atoms with Crippen molar-refractivity contribution in [2.45, 2.75) is 45.1 Å². The number of benzene rings is 1. The van der Waals surface area contributed by atoms with Crippen molar-refractivity contribution in [3.05, 3.63) is 34.6 Å². The zero-order valence-corrected chi connectivity index (χ0v) is 11.6. The molecule has 1 aliphatic rings. The number of halogens is 2. The van der Waals surface area contributed by atoms with Gasteiger partial charge in [0.05, 0.1) is 5.02 Å². The van der Waals surface area contributed by atoms with Crippen LogP contribution < -0.4 is 5.32 Å². The molecule has 0 amide bonds. The first-order chi connectivity index (χ1) is 8.69. The third kappa shape index (κ3) is 3.69. The Labute approximate surface area is 114 Å². The van der Waals surface area contributed by atoms with Gasteiger partial charge in [0.1, 0.15) is 5.82 Å². The molecule has 1 saturated heterocycles. The number of piperidine rings is 1. The summed E-state index contributed by atoms with van der Waals surface area (Å²) in [5.74, 6) is 0.537. The van der Waals surface area contributed by atoms with E-state index in [1.54, 1.807) is 6.07 Å². The molecule has 1 fully saturated rings. The van der Waals surface area contributed by atoms with Crippen LogP contribution >= 0.6 is 11.6 Å². The van der Waals surface area contributed by atoms with Crippen LogP contribution in [0.1, 0.15) is 38.2 Å². The van der Waals surface area contributed by atoms with Crippen molar-refractivity contribution in [1.29, 1.82) is 0 Å². The summed E-state index contributed by atoms with van der Waals surface area (Å²) in [5.41, 5.74) is 1.13. The van der Waals surface area contributed by atoms with Crippen LogP contribution in [0.5, 0.6) is 0 Å². The van der Waals surface area contributed by atoms with E-state index < -0.39 is 0 Å². The Morgan fingerprint density at radius 1 is 1.44 bits per heavy atom. The predicted molar refractivity (Wildman–Crippen MR) is 74.5 cm³/mol. The summed E-state index contributed by atoms with van der Waals surface area (Å²) in [4.78, 5) is 0. The highest BCUT2D eigenvalue weighted by molar-refractivity contribution is 6.30. The first kappa shape index (κ1) is 13.8. The van der Waals surface area contributed by atoms with Gasteiger partial charge in [-0.05, 0) is 55.8 Å². The zero-order chi connectivity index (χ0) is 13.0. The van der Waals surface area contributed by atoms with Gasteiger partial charge in [0, 0.05) is 6.04 Å². The molecule has 18 heavy (non-hydrogen) atoms. The second kappa shape index (κ2) is 6.53. The lowest BCUT2D eigenvalue weighted by atomic mass is 9.88. The molecule has 100 valence electrons. The Morgan fingerprint density at radius 2 is 2.28 bits per heavy atom. The van der Waals surface area contributed by atoms with E-state index >= 15 is 0 Å². The second-order valence-electron chi connectivity index (χ2n) is 5.24. The molecular weight excluding hydrogens is 249 g/mol. The van der Waals surface area contributed by atoms with Crippen LogP contribution in [-0.4, -0.2) is 12.6 Å². The summed E-state index contributed by atoms with van der Waals surface area (Å²) in [6, 6.07) is 5.65. The van der Waals surface area contributed by atoms with Gasteiger partial charge in [-0.2, -0.15) is 0 Å². The Bertz CT molecular complexity index is 394. The summed E-state index contributed by atoms with van der Waals surface area (Å²) in [7, 11) is 0. The summed E-state index contributed by atoms with van der Waals surface area (Å²) in [6.07, 6.45) is 5.92. The molecule has 1 N–H and O–H groups in total. The number of hydrogen-bond donors (Lipinski definition) is 1. The molecule has 3 heteroatoms. The lowest BCUT2D eigenvalue weighted by Crippen LogP contribution is -2.38. The lowest BCUT2D eigenvalue weighted by Gasteiger charge is -2.29. The quantitative estimate of drug-likeness (QED) is 0.864. The Hall–Kier alpha value is -0.600. The fourth-order valence-electron chi connectivity index (χ4n) is 2.72. The first-order valence-electron chi connectivity index (χ1n) is 6.86. The van der Waals surface area contributed by atoms with Crippen LogP contribution in [0.25, 0.3) is 0 Å². The average molecular weight is 270 g/mol. The van der Waals surface area contributed by atoms with Crippen molar-refractivity contribution in [1.82, 2.24) is 5.32 Å². The maximum atomic E-state index is 13.0. The van der Waals surface area contributed by atoms with Gasteiger partial charge in [0.25, 0.3) is 0 Å². The molecule has 1 nitrogen and oxygen atoms in total. The van der Waals surface area contributed by atoms with E-state index in [1.807, 2.05) is 6.07 Å². The van der Waals surface area contributed by atoms with E-state index in [2.05, 4.69) is 12.2 Å². The molecule has 0 radical (unpaired) electrons. The van der Waals surface area contributed by atoms with E-state index in [-0.39, 0.29) is 10.8 Å². The highest BCUT2D eigenvalue weighted by atomic mass is 35.5. The summed E-state index contributed by atoms with van der Waals surface area (Å²) in [5, 5.41) is 3.80. The number of rotatable bonds is 4. The standard InChI is InChI=1S/C15H21ClFN/c1-2-11-7-8-18-13(9-11)5-3-12-4-6-15(17)14(16)10-12/h4,6,10-11,13,18H,2-3,5,7-9H2,1H3. The molecule has 0 bridgehead atoms. The zero-order valence-electron chi connectivity index (χ0n) is 10.9. The van der Waals surface area contributed by atoms with Crippen molar-refractivity contribution >= 4 is 11.6 Å². The molecule has 0 saturated carbocycles. The number of aryl methyl sites for hydroxylation is 1. The fraction of sp³-hybridized carbons (Fsp3) is 0.600. The summed E-state index contributed by atoms with van der Waals surface area (Å²) >= 11 is 5.79. The van der Waals surface area contributed by atoms with E-state index in [4.69, 9.17) is 11.6 Å². The smallest absolute Gasteiger partial charge is 0.141 e. The van der Waals surface area contributed by atoms with E-state index in [0.717, 1.165) is 30.9 Å². The molecule has 2 atom stereocenters. The van der Waals surface area contributed by atoms with Gasteiger partial charge in [-0.1, -0.05) is 31.0 Å². The highest BCUT2D eigenvalue weighted by Gasteiger charge is 2.19. The van der Waals surface area contributed by atoms with Crippen molar-refractivity contribution in [2.24, 2.45) is 5.92 Å². The Morgan fingerprint density at radius 3 is 3.00 bits per heavy atom. The van der Waals surface area contributed by atoms with E-state index in [0.29, 0.717) is 6.04 Å². The topological polar surface area (TPSA) is 12.0 Å². The monoisotopic (exact) mass is 269 g/mol. The minimum absolute atomic E-state index is 0.232. The molecule has 0 aliphatic carbocycles. The Balaban J connectivity index is 1.85. The van der Waals surface area contributed by atoms with Gasteiger partial charge in [0.15, 0.2) is 0 Å². The molecule has 1 aromatic carbocycles. The van der Waals surface area contributed by atoms with Gasteiger partial charge in [-0.25, -0.2) is 4.39 Å². The average Bonchev–Trinajstić information content (AvgIpc) is 2.40. The van der Waals surface area contributed by atoms with Gasteiger partial charge >= 0.3 is 0 Å². The molecular formula is C15H21ClFN. The van der Waals surface area contributed by atoms with Crippen molar-refractivity contribution in [3.8, 4) is 0 Å².